The molecule has 2 N–H and O–H groups in total. The van der Waals surface area contributed by atoms with Gasteiger partial charge in [0, 0.05) is 30.6 Å². The topological polar surface area (TPSA) is 73.7 Å². The summed E-state index contributed by atoms with van der Waals surface area (Å²) in [5.41, 5.74) is 3.22. The number of carboxylic acids is 1. The standard InChI is InChI=1S/C25H27FN2O3/c1-14(2)21-22(16-5-8-19(26)15(3)11-16)18-7-6-17(29)12-20(18)27-23(21)28(4)13-25(9-10-25)24(30)31/h5-8,11-12,14,29H,9-10,13H2,1-4H3,(H,30,31). The van der Waals surface area contributed by atoms with Crippen molar-refractivity contribution in [2.24, 2.45) is 5.41 Å². The third-order valence-electron chi connectivity index (χ3n) is 6.22. The predicted octanol–water partition coefficient (Wildman–Crippen LogP) is 5.48. The number of aliphatic carboxylic acids is 1. The molecule has 0 atom stereocenters. The second-order valence-corrected chi connectivity index (χ2v) is 8.99. The van der Waals surface area contributed by atoms with Gasteiger partial charge in [0.25, 0.3) is 0 Å². The van der Waals surface area contributed by atoms with Gasteiger partial charge in [-0.2, -0.15) is 0 Å². The molecule has 2 aromatic carbocycles. The number of aromatic hydroxyl groups is 1. The van der Waals surface area contributed by atoms with Crippen LogP contribution >= 0.6 is 0 Å². The summed E-state index contributed by atoms with van der Waals surface area (Å²) < 4.78 is 14.0. The number of pyridine rings is 1. The lowest BCUT2D eigenvalue weighted by atomic mass is 9.88. The van der Waals surface area contributed by atoms with Crippen LogP contribution in [0.1, 0.15) is 43.7 Å². The maximum Gasteiger partial charge on any atom is 0.311 e. The molecule has 6 heteroatoms. The highest BCUT2D eigenvalue weighted by molar-refractivity contribution is 5.99. The molecule has 1 fully saturated rings. The van der Waals surface area contributed by atoms with Crippen LogP contribution in [0.15, 0.2) is 36.4 Å². The molecule has 1 heterocycles. The summed E-state index contributed by atoms with van der Waals surface area (Å²) in [6, 6.07) is 10.1. The Hall–Kier alpha value is -3.15. The summed E-state index contributed by atoms with van der Waals surface area (Å²) in [5, 5.41) is 20.6. The van der Waals surface area contributed by atoms with Crippen LogP contribution in [0.4, 0.5) is 10.2 Å². The summed E-state index contributed by atoms with van der Waals surface area (Å²) in [7, 11) is 1.87. The van der Waals surface area contributed by atoms with Gasteiger partial charge in [0.05, 0.1) is 10.9 Å². The van der Waals surface area contributed by atoms with Crippen molar-refractivity contribution in [2.45, 2.75) is 39.5 Å². The Labute approximate surface area is 181 Å². The number of carboxylic acid groups (broad SMARTS) is 1. The lowest BCUT2D eigenvalue weighted by molar-refractivity contribution is -0.142. The summed E-state index contributed by atoms with van der Waals surface area (Å²) in [5.74, 6) is -0.156. The zero-order valence-electron chi connectivity index (χ0n) is 18.2. The van der Waals surface area contributed by atoms with E-state index in [1.54, 1.807) is 25.1 Å². The summed E-state index contributed by atoms with van der Waals surface area (Å²) in [6.45, 7) is 6.25. The van der Waals surface area contributed by atoms with E-state index in [2.05, 4.69) is 13.8 Å². The minimum absolute atomic E-state index is 0.0866. The summed E-state index contributed by atoms with van der Waals surface area (Å²) in [4.78, 5) is 18.5. The van der Waals surface area contributed by atoms with E-state index in [1.807, 2.05) is 24.1 Å². The molecule has 1 aliphatic rings. The van der Waals surface area contributed by atoms with Crippen LogP contribution < -0.4 is 4.90 Å². The molecule has 1 aromatic heterocycles. The first-order valence-corrected chi connectivity index (χ1v) is 10.5. The number of benzene rings is 2. The Morgan fingerprint density at radius 1 is 1.23 bits per heavy atom. The molecule has 3 aromatic rings. The second kappa shape index (κ2) is 7.52. The molecular formula is C25H27FN2O3. The minimum atomic E-state index is -0.779. The average molecular weight is 423 g/mol. The van der Waals surface area contributed by atoms with Gasteiger partial charge < -0.3 is 15.1 Å². The largest absolute Gasteiger partial charge is 0.508 e. The first-order chi connectivity index (χ1) is 14.6. The number of nitrogens with zero attached hydrogens (tertiary/aromatic N) is 2. The molecule has 0 unspecified atom stereocenters. The van der Waals surface area contributed by atoms with Gasteiger partial charge in [0.2, 0.25) is 0 Å². The highest BCUT2D eigenvalue weighted by Gasteiger charge is 2.51. The quantitative estimate of drug-likeness (QED) is 0.550. The van der Waals surface area contributed by atoms with Gasteiger partial charge in [0.1, 0.15) is 17.4 Å². The number of hydrogen-bond donors (Lipinski definition) is 2. The molecule has 0 saturated heterocycles. The number of phenolic OH excluding ortho intramolecular Hbond substituents is 1. The van der Waals surface area contributed by atoms with Gasteiger partial charge >= 0.3 is 5.97 Å². The van der Waals surface area contributed by atoms with Crippen LogP contribution in [0.3, 0.4) is 0 Å². The number of phenols is 1. The van der Waals surface area contributed by atoms with Gasteiger partial charge in [-0.05, 0) is 66.6 Å². The Bertz CT molecular complexity index is 1190. The number of rotatable bonds is 6. The number of anilines is 1. The van der Waals surface area contributed by atoms with Crippen molar-refractivity contribution in [3.05, 3.63) is 53.3 Å². The van der Waals surface area contributed by atoms with Crippen molar-refractivity contribution in [1.82, 2.24) is 4.98 Å². The van der Waals surface area contributed by atoms with Crippen molar-refractivity contribution in [3.63, 3.8) is 0 Å². The number of hydrogen-bond acceptors (Lipinski definition) is 4. The van der Waals surface area contributed by atoms with Crippen LogP contribution in [-0.2, 0) is 4.79 Å². The average Bonchev–Trinajstić information content (AvgIpc) is 3.49. The monoisotopic (exact) mass is 422 g/mol. The SMILES string of the molecule is Cc1cc(-c2c(C(C)C)c(N(C)CC3(C(=O)O)CC3)nc3cc(O)ccc23)ccc1F. The number of fused-ring (bicyclic) bond motifs is 1. The molecule has 5 nitrogen and oxygen atoms in total. The van der Waals surface area contributed by atoms with Gasteiger partial charge in [-0.25, -0.2) is 9.37 Å². The van der Waals surface area contributed by atoms with E-state index in [0.717, 1.165) is 22.1 Å². The second-order valence-electron chi connectivity index (χ2n) is 8.99. The molecule has 31 heavy (non-hydrogen) atoms. The highest BCUT2D eigenvalue weighted by Crippen LogP contribution is 2.48. The summed E-state index contributed by atoms with van der Waals surface area (Å²) in [6.07, 6.45) is 1.31. The maximum absolute atomic E-state index is 14.0. The van der Waals surface area contributed by atoms with Crippen LogP contribution in [0.5, 0.6) is 5.75 Å². The molecule has 0 aliphatic heterocycles. The Balaban J connectivity index is 1.99. The van der Waals surface area contributed by atoms with E-state index in [4.69, 9.17) is 4.98 Å². The van der Waals surface area contributed by atoms with Crippen molar-refractivity contribution < 1.29 is 19.4 Å². The molecule has 1 saturated carbocycles. The number of aromatic nitrogens is 1. The molecule has 0 amide bonds. The molecule has 4 rings (SSSR count). The van der Waals surface area contributed by atoms with E-state index in [1.165, 1.54) is 6.07 Å². The van der Waals surface area contributed by atoms with Gasteiger partial charge in [-0.15, -0.1) is 0 Å². The Morgan fingerprint density at radius 3 is 2.52 bits per heavy atom. The zero-order chi connectivity index (χ0) is 22.5. The summed E-state index contributed by atoms with van der Waals surface area (Å²) >= 11 is 0. The Morgan fingerprint density at radius 2 is 1.94 bits per heavy atom. The minimum Gasteiger partial charge on any atom is -0.508 e. The predicted molar refractivity (Wildman–Crippen MR) is 120 cm³/mol. The highest BCUT2D eigenvalue weighted by atomic mass is 19.1. The normalized spacial score (nSPS) is 14.8. The van der Waals surface area contributed by atoms with E-state index < -0.39 is 11.4 Å². The lowest BCUT2D eigenvalue weighted by Gasteiger charge is -2.28. The Kier molecular flexibility index (Phi) is 5.12. The molecule has 0 bridgehead atoms. The fourth-order valence-corrected chi connectivity index (χ4v) is 4.32. The van der Waals surface area contributed by atoms with Gasteiger partial charge in [-0.3, -0.25) is 4.79 Å². The number of halogens is 1. The van der Waals surface area contributed by atoms with Crippen LogP contribution in [0.25, 0.3) is 22.0 Å². The lowest BCUT2D eigenvalue weighted by Crippen LogP contribution is -2.33. The number of carbonyl (C=O) groups is 1. The van der Waals surface area contributed by atoms with Crippen LogP contribution in [0, 0.1) is 18.2 Å². The molecular weight excluding hydrogens is 395 g/mol. The van der Waals surface area contributed by atoms with E-state index in [-0.39, 0.29) is 17.5 Å². The zero-order valence-corrected chi connectivity index (χ0v) is 18.2. The van der Waals surface area contributed by atoms with Crippen LogP contribution in [-0.4, -0.2) is 34.8 Å². The van der Waals surface area contributed by atoms with E-state index in [9.17, 15) is 19.4 Å². The number of aryl methyl sites for hydroxylation is 1. The fourth-order valence-electron chi connectivity index (χ4n) is 4.32. The third-order valence-corrected chi connectivity index (χ3v) is 6.22. The van der Waals surface area contributed by atoms with E-state index >= 15 is 0 Å². The molecule has 1 aliphatic carbocycles. The first kappa shape index (κ1) is 21.1. The fraction of sp³-hybridized carbons (Fsp3) is 0.360. The van der Waals surface area contributed by atoms with Crippen molar-refractivity contribution in [2.75, 3.05) is 18.5 Å². The van der Waals surface area contributed by atoms with Crippen molar-refractivity contribution in [3.8, 4) is 16.9 Å². The third kappa shape index (κ3) is 3.71. The maximum atomic E-state index is 14.0. The van der Waals surface area contributed by atoms with Gasteiger partial charge in [0.15, 0.2) is 0 Å². The van der Waals surface area contributed by atoms with E-state index in [0.29, 0.717) is 36.3 Å². The van der Waals surface area contributed by atoms with Crippen LogP contribution in [0.2, 0.25) is 0 Å². The molecule has 162 valence electrons. The van der Waals surface area contributed by atoms with Crippen molar-refractivity contribution in [1.29, 1.82) is 0 Å². The molecule has 0 spiro atoms. The van der Waals surface area contributed by atoms with Crippen molar-refractivity contribution >= 4 is 22.7 Å². The molecule has 0 radical (unpaired) electrons. The smallest absolute Gasteiger partial charge is 0.311 e. The first-order valence-electron chi connectivity index (χ1n) is 10.5. The van der Waals surface area contributed by atoms with Gasteiger partial charge in [-0.1, -0.05) is 19.9 Å².